The predicted molar refractivity (Wildman–Crippen MR) is 135 cm³/mol. The van der Waals surface area contributed by atoms with Gasteiger partial charge in [0.2, 0.25) is 0 Å². The maximum Gasteiger partial charge on any atom is 0.308 e. The second-order valence-electron chi connectivity index (χ2n) is 10.8. The highest BCUT2D eigenvalue weighted by Crippen LogP contribution is 2.49. The van der Waals surface area contributed by atoms with Gasteiger partial charge in [-0.05, 0) is 60.3 Å². The third-order valence-corrected chi connectivity index (χ3v) is 7.11. The van der Waals surface area contributed by atoms with Gasteiger partial charge >= 0.3 is 11.9 Å². The molecule has 0 fully saturated rings. The molecule has 1 aliphatic rings. The summed E-state index contributed by atoms with van der Waals surface area (Å²) in [5, 5.41) is 0. The number of benzene rings is 1. The Balaban J connectivity index is 2.68. The normalized spacial score (nSPS) is 20.8. The van der Waals surface area contributed by atoms with Crippen LogP contribution in [0.1, 0.15) is 111 Å². The molecule has 0 aromatic heterocycles. The number of ether oxygens (including phenoxy) is 2. The van der Waals surface area contributed by atoms with Crippen molar-refractivity contribution >= 4 is 11.9 Å². The first-order chi connectivity index (χ1) is 15.9. The molecule has 4 nitrogen and oxygen atoms in total. The van der Waals surface area contributed by atoms with Gasteiger partial charge in [-0.15, -0.1) is 0 Å². The Labute approximate surface area is 205 Å². The summed E-state index contributed by atoms with van der Waals surface area (Å²) in [4.78, 5) is 24.2. The molecule has 0 heterocycles. The summed E-state index contributed by atoms with van der Waals surface area (Å²) in [6.07, 6.45) is 6.90. The van der Waals surface area contributed by atoms with E-state index in [1.165, 1.54) is 26.7 Å². The molecule has 2 unspecified atom stereocenters. The molecule has 0 saturated carbocycles. The zero-order valence-electron chi connectivity index (χ0n) is 22.3. The van der Waals surface area contributed by atoms with E-state index in [9.17, 15) is 14.0 Å². The van der Waals surface area contributed by atoms with E-state index in [2.05, 4.69) is 34.6 Å². The summed E-state index contributed by atoms with van der Waals surface area (Å²) in [5.74, 6) is -0.118. The highest BCUT2D eigenvalue weighted by Gasteiger charge is 2.37. The Hall–Kier alpha value is -2.17. The number of alkyl halides is 1. The first kappa shape index (κ1) is 28.1. The van der Waals surface area contributed by atoms with E-state index in [1.807, 2.05) is 18.2 Å². The van der Waals surface area contributed by atoms with Crippen molar-refractivity contribution in [3.8, 4) is 11.5 Å². The van der Waals surface area contributed by atoms with Gasteiger partial charge in [-0.1, -0.05) is 66.4 Å². The van der Waals surface area contributed by atoms with Crippen LogP contribution in [0.5, 0.6) is 11.5 Å². The van der Waals surface area contributed by atoms with Gasteiger partial charge in [0.05, 0.1) is 0 Å². The lowest BCUT2D eigenvalue weighted by atomic mass is 9.70. The summed E-state index contributed by atoms with van der Waals surface area (Å²) in [6, 6.07) is 3.84. The van der Waals surface area contributed by atoms with Crippen molar-refractivity contribution in [2.24, 2.45) is 11.8 Å². The van der Waals surface area contributed by atoms with Gasteiger partial charge < -0.3 is 9.47 Å². The van der Waals surface area contributed by atoms with Gasteiger partial charge in [0.15, 0.2) is 0 Å². The molecule has 1 aromatic carbocycles. The van der Waals surface area contributed by atoms with E-state index in [1.54, 1.807) is 6.92 Å². The van der Waals surface area contributed by atoms with Crippen LogP contribution < -0.4 is 9.47 Å². The summed E-state index contributed by atoms with van der Waals surface area (Å²) in [5.41, 5.74) is 2.07. The number of unbranched alkanes of at least 4 members (excludes halogenated alkanes) is 3. The van der Waals surface area contributed by atoms with Gasteiger partial charge in [0, 0.05) is 25.3 Å². The molecule has 0 bridgehead atoms. The largest absolute Gasteiger partial charge is 0.426 e. The molecule has 0 aliphatic heterocycles. The lowest BCUT2D eigenvalue weighted by Gasteiger charge is -2.36. The number of hydrogen-bond donors (Lipinski definition) is 0. The van der Waals surface area contributed by atoms with E-state index >= 15 is 0 Å². The molecule has 0 amide bonds. The second-order valence-corrected chi connectivity index (χ2v) is 10.8. The number of hydrogen-bond acceptors (Lipinski definition) is 4. The van der Waals surface area contributed by atoms with Crippen molar-refractivity contribution in [1.82, 2.24) is 0 Å². The van der Waals surface area contributed by atoms with Crippen molar-refractivity contribution in [1.29, 1.82) is 0 Å². The zero-order chi connectivity index (χ0) is 25.6. The van der Waals surface area contributed by atoms with E-state index < -0.39 is 18.1 Å². The highest BCUT2D eigenvalue weighted by molar-refractivity contribution is 5.74. The van der Waals surface area contributed by atoms with E-state index in [-0.39, 0.29) is 23.2 Å². The maximum absolute atomic E-state index is 14.7. The second kappa shape index (κ2) is 12.0. The average Bonchev–Trinajstić information content (AvgIpc) is 2.72. The van der Waals surface area contributed by atoms with Crippen molar-refractivity contribution in [2.75, 3.05) is 0 Å². The number of allylic oxidation sites excluding steroid dienone is 2. The van der Waals surface area contributed by atoms with E-state index in [4.69, 9.17) is 9.47 Å². The minimum absolute atomic E-state index is 0.0183. The molecule has 1 aliphatic carbocycles. The maximum atomic E-state index is 14.7. The van der Waals surface area contributed by atoms with Crippen LogP contribution in [0.4, 0.5) is 4.39 Å². The summed E-state index contributed by atoms with van der Waals surface area (Å²) < 4.78 is 26.1. The Kier molecular flexibility index (Phi) is 9.90. The van der Waals surface area contributed by atoms with Crippen LogP contribution in [0.2, 0.25) is 0 Å². The first-order valence-electron chi connectivity index (χ1n) is 12.7. The van der Waals surface area contributed by atoms with Crippen LogP contribution in [-0.4, -0.2) is 18.1 Å². The SMILES string of the molecule is CCCCCCC(C)(C)c1cc(OC(C)=O)c(C2C=C(C)C(F)C[C@H]2C(C)C)c(OC(C)=O)c1. The molecule has 0 spiro atoms. The lowest BCUT2D eigenvalue weighted by molar-refractivity contribution is -0.132. The fourth-order valence-electron chi connectivity index (χ4n) is 5.00. The minimum Gasteiger partial charge on any atom is -0.426 e. The Bertz CT molecular complexity index is 862. The third kappa shape index (κ3) is 7.16. The molecule has 0 radical (unpaired) electrons. The van der Waals surface area contributed by atoms with Crippen LogP contribution in [0.25, 0.3) is 0 Å². The topological polar surface area (TPSA) is 52.6 Å². The lowest BCUT2D eigenvalue weighted by Crippen LogP contribution is -2.28. The first-order valence-corrected chi connectivity index (χ1v) is 12.7. The van der Waals surface area contributed by atoms with Gasteiger partial charge in [-0.25, -0.2) is 4.39 Å². The number of halogens is 1. The molecular formula is C29H43FO4. The number of carbonyl (C=O) groups is 2. The van der Waals surface area contributed by atoms with Crippen molar-refractivity contribution in [2.45, 2.75) is 111 Å². The minimum atomic E-state index is -1.00. The number of rotatable bonds is 10. The molecule has 190 valence electrons. The van der Waals surface area contributed by atoms with E-state index in [0.29, 0.717) is 29.1 Å². The molecule has 1 aromatic rings. The summed E-state index contributed by atoms with van der Waals surface area (Å²) in [7, 11) is 0. The van der Waals surface area contributed by atoms with Gasteiger partial charge in [0.25, 0.3) is 0 Å². The summed E-state index contributed by atoms with van der Waals surface area (Å²) in [6.45, 7) is 15.2. The Morgan fingerprint density at radius 1 is 1.06 bits per heavy atom. The number of esters is 2. The van der Waals surface area contributed by atoms with Gasteiger partial charge in [-0.2, -0.15) is 0 Å². The van der Waals surface area contributed by atoms with Crippen molar-refractivity contribution in [3.05, 3.63) is 34.9 Å². The van der Waals surface area contributed by atoms with Crippen molar-refractivity contribution in [3.63, 3.8) is 0 Å². The van der Waals surface area contributed by atoms with E-state index in [0.717, 1.165) is 24.8 Å². The fourth-order valence-corrected chi connectivity index (χ4v) is 5.00. The standard InChI is InChI=1S/C29H43FO4/c1-9-10-11-12-13-29(7,8)22-15-26(33-20(5)31)28(27(16-22)34-21(6)32)24-14-19(4)25(30)17-23(24)18(2)3/h14-16,18,23-25H,9-13,17H2,1-8H3/t23-,24?,25?/m0/s1. The molecule has 3 atom stereocenters. The van der Waals surface area contributed by atoms with Crippen LogP contribution in [-0.2, 0) is 15.0 Å². The van der Waals surface area contributed by atoms with Crippen LogP contribution in [0.3, 0.4) is 0 Å². The summed E-state index contributed by atoms with van der Waals surface area (Å²) >= 11 is 0. The molecule has 34 heavy (non-hydrogen) atoms. The molecule has 2 rings (SSSR count). The average molecular weight is 475 g/mol. The monoisotopic (exact) mass is 474 g/mol. The highest BCUT2D eigenvalue weighted by atomic mass is 19.1. The van der Waals surface area contributed by atoms with Crippen LogP contribution in [0.15, 0.2) is 23.8 Å². The molecule has 0 N–H and O–H groups in total. The predicted octanol–water partition coefficient (Wildman–Crippen LogP) is 7.83. The molecule has 5 heteroatoms. The Morgan fingerprint density at radius 3 is 2.09 bits per heavy atom. The van der Waals surface area contributed by atoms with Crippen LogP contribution in [0, 0.1) is 11.8 Å². The van der Waals surface area contributed by atoms with Gasteiger partial charge in [-0.3, -0.25) is 9.59 Å². The quantitative estimate of drug-likeness (QED) is 0.150. The third-order valence-electron chi connectivity index (χ3n) is 7.11. The van der Waals surface area contributed by atoms with Crippen molar-refractivity contribution < 1.29 is 23.5 Å². The Morgan fingerprint density at radius 2 is 1.62 bits per heavy atom. The number of carbonyl (C=O) groups excluding carboxylic acids is 2. The van der Waals surface area contributed by atoms with Gasteiger partial charge in [0.1, 0.15) is 17.7 Å². The fraction of sp³-hybridized carbons (Fsp3) is 0.655. The smallest absolute Gasteiger partial charge is 0.308 e. The van der Waals surface area contributed by atoms with Crippen LogP contribution >= 0.6 is 0 Å². The molecule has 0 saturated heterocycles. The molecular weight excluding hydrogens is 431 g/mol. The zero-order valence-corrected chi connectivity index (χ0v) is 22.3.